The van der Waals surface area contributed by atoms with Crippen molar-refractivity contribution in [1.82, 2.24) is 25.1 Å². The van der Waals surface area contributed by atoms with E-state index in [-0.39, 0.29) is 17.6 Å². The van der Waals surface area contributed by atoms with Crippen LogP contribution in [0.15, 0.2) is 53.9 Å². The molecule has 28 heavy (non-hydrogen) atoms. The summed E-state index contributed by atoms with van der Waals surface area (Å²) >= 11 is 1.30. The predicted molar refractivity (Wildman–Crippen MR) is 108 cm³/mol. The highest BCUT2D eigenvalue weighted by Gasteiger charge is 2.10. The molecule has 3 rings (SSSR count). The van der Waals surface area contributed by atoms with Crippen LogP contribution in [-0.4, -0.2) is 43.9 Å². The first-order valence-electron chi connectivity index (χ1n) is 8.71. The molecule has 0 unspecified atom stereocenters. The molecule has 2 aromatic heterocycles. The second-order valence-electron chi connectivity index (χ2n) is 5.96. The molecule has 8 nitrogen and oxygen atoms in total. The summed E-state index contributed by atoms with van der Waals surface area (Å²) in [6.45, 7) is 4.38. The Kier molecular flexibility index (Phi) is 6.38. The van der Waals surface area contributed by atoms with Crippen molar-refractivity contribution in [2.24, 2.45) is 0 Å². The van der Waals surface area contributed by atoms with Gasteiger partial charge in [0.05, 0.1) is 5.75 Å². The second-order valence-corrected chi connectivity index (χ2v) is 6.95. The number of hydrogen-bond donors (Lipinski definition) is 2. The van der Waals surface area contributed by atoms with Crippen LogP contribution in [0.25, 0.3) is 5.82 Å². The van der Waals surface area contributed by atoms with Gasteiger partial charge in [0, 0.05) is 18.4 Å². The molecule has 144 valence electrons. The highest BCUT2D eigenvalue weighted by Crippen LogP contribution is 2.16. The van der Waals surface area contributed by atoms with Crippen LogP contribution < -0.4 is 10.6 Å². The van der Waals surface area contributed by atoms with Gasteiger partial charge in [-0.2, -0.15) is 0 Å². The Morgan fingerprint density at radius 2 is 1.89 bits per heavy atom. The lowest BCUT2D eigenvalue weighted by Gasteiger charge is -2.05. The topological polar surface area (TPSA) is 102 Å². The fourth-order valence-corrected chi connectivity index (χ4v) is 2.93. The van der Waals surface area contributed by atoms with Crippen LogP contribution in [0.3, 0.4) is 0 Å². The van der Waals surface area contributed by atoms with E-state index in [0.29, 0.717) is 23.1 Å². The van der Waals surface area contributed by atoms with Crippen molar-refractivity contribution in [3.05, 3.63) is 60.2 Å². The molecule has 0 bridgehead atoms. The van der Waals surface area contributed by atoms with Gasteiger partial charge >= 0.3 is 0 Å². The maximum absolute atomic E-state index is 12.0. The smallest absolute Gasteiger partial charge is 0.271 e. The molecular formula is C19H20N6O2S. The van der Waals surface area contributed by atoms with E-state index < -0.39 is 0 Å². The molecule has 0 saturated carbocycles. The van der Waals surface area contributed by atoms with Crippen LogP contribution in [-0.2, 0) is 4.79 Å². The zero-order chi connectivity index (χ0) is 19.9. The third-order valence-corrected chi connectivity index (χ3v) is 4.65. The lowest BCUT2D eigenvalue weighted by atomic mass is 10.2. The molecule has 0 aliphatic heterocycles. The normalized spacial score (nSPS) is 10.5. The van der Waals surface area contributed by atoms with Crippen molar-refractivity contribution in [1.29, 1.82) is 0 Å². The van der Waals surface area contributed by atoms with Crippen LogP contribution in [0.2, 0.25) is 0 Å². The standard InChI is InChI=1S/C19H20N6O2S/c1-3-20-19(27)15-10-25(12-21-15)16-8-9-18(24-23-16)28-11-17(26)22-14-6-4-13(2)5-7-14/h4-10,12H,3,11H2,1-2H3,(H,20,27)(H,22,26). The van der Waals surface area contributed by atoms with Gasteiger partial charge in [0.1, 0.15) is 17.0 Å². The summed E-state index contributed by atoms with van der Waals surface area (Å²) in [7, 11) is 0. The van der Waals surface area contributed by atoms with Crippen molar-refractivity contribution >= 4 is 29.3 Å². The zero-order valence-electron chi connectivity index (χ0n) is 15.5. The Morgan fingerprint density at radius 3 is 2.57 bits per heavy atom. The molecule has 0 saturated heterocycles. The van der Waals surface area contributed by atoms with E-state index in [1.54, 1.807) is 22.9 Å². The number of carbonyl (C=O) groups excluding carboxylic acids is 2. The van der Waals surface area contributed by atoms with Crippen molar-refractivity contribution in [2.45, 2.75) is 18.9 Å². The number of carbonyl (C=O) groups is 2. The summed E-state index contributed by atoms with van der Waals surface area (Å²) in [5.74, 6) is 0.423. The van der Waals surface area contributed by atoms with Crippen LogP contribution >= 0.6 is 11.8 Å². The summed E-state index contributed by atoms with van der Waals surface area (Å²) in [5, 5.41) is 14.4. The van der Waals surface area contributed by atoms with Crippen molar-refractivity contribution in [2.75, 3.05) is 17.6 Å². The average molecular weight is 396 g/mol. The minimum Gasteiger partial charge on any atom is -0.351 e. The first-order chi connectivity index (χ1) is 13.5. The SMILES string of the molecule is CCNC(=O)c1cn(-c2ccc(SCC(=O)Nc3ccc(C)cc3)nn2)cn1. The molecule has 0 aliphatic rings. The van der Waals surface area contributed by atoms with Crippen LogP contribution in [0.1, 0.15) is 23.0 Å². The molecule has 2 N–H and O–H groups in total. The Morgan fingerprint density at radius 1 is 1.11 bits per heavy atom. The molecule has 0 fully saturated rings. The minimum atomic E-state index is -0.235. The van der Waals surface area contributed by atoms with Gasteiger partial charge in [-0.25, -0.2) is 4.98 Å². The number of rotatable bonds is 7. The molecule has 0 aliphatic carbocycles. The van der Waals surface area contributed by atoms with E-state index in [1.807, 2.05) is 38.1 Å². The lowest BCUT2D eigenvalue weighted by Crippen LogP contribution is -2.22. The zero-order valence-corrected chi connectivity index (χ0v) is 16.4. The number of hydrogen-bond acceptors (Lipinski definition) is 6. The molecular weight excluding hydrogens is 376 g/mol. The maximum Gasteiger partial charge on any atom is 0.271 e. The van der Waals surface area contributed by atoms with Gasteiger partial charge in [0.2, 0.25) is 5.91 Å². The van der Waals surface area contributed by atoms with Crippen LogP contribution in [0.5, 0.6) is 0 Å². The second kappa shape index (κ2) is 9.14. The summed E-state index contributed by atoms with van der Waals surface area (Å²) in [5.41, 5.74) is 2.22. The van der Waals surface area contributed by atoms with Gasteiger partial charge in [-0.3, -0.25) is 14.2 Å². The molecule has 2 heterocycles. The number of anilines is 1. The number of nitrogens with zero attached hydrogens (tertiary/aromatic N) is 4. The first-order valence-corrected chi connectivity index (χ1v) is 9.69. The first kappa shape index (κ1) is 19.6. The number of benzene rings is 1. The molecule has 1 aromatic carbocycles. The molecule has 0 atom stereocenters. The van der Waals surface area contributed by atoms with Crippen LogP contribution in [0.4, 0.5) is 5.69 Å². The predicted octanol–water partition coefficient (Wildman–Crippen LogP) is 2.45. The molecule has 9 heteroatoms. The van der Waals surface area contributed by atoms with Gasteiger partial charge in [0.15, 0.2) is 5.82 Å². The van der Waals surface area contributed by atoms with Gasteiger partial charge in [-0.15, -0.1) is 10.2 Å². The van der Waals surface area contributed by atoms with Crippen molar-refractivity contribution < 1.29 is 9.59 Å². The summed E-state index contributed by atoms with van der Waals surface area (Å²) < 4.78 is 1.62. The Bertz CT molecular complexity index is 953. The Hall–Kier alpha value is -3.20. The number of aryl methyl sites for hydroxylation is 1. The Labute approximate surface area is 166 Å². The van der Waals surface area contributed by atoms with Gasteiger partial charge < -0.3 is 10.6 Å². The lowest BCUT2D eigenvalue weighted by molar-refractivity contribution is -0.113. The van der Waals surface area contributed by atoms with Crippen molar-refractivity contribution in [3.63, 3.8) is 0 Å². The highest BCUT2D eigenvalue weighted by atomic mass is 32.2. The van der Waals surface area contributed by atoms with E-state index in [2.05, 4.69) is 25.8 Å². The van der Waals surface area contributed by atoms with E-state index in [4.69, 9.17) is 0 Å². The largest absolute Gasteiger partial charge is 0.351 e. The molecule has 2 amide bonds. The van der Waals surface area contributed by atoms with Gasteiger partial charge in [-0.05, 0) is 38.1 Å². The minimum absolute atomic E-state index is 0.110. The Balaban J connectivity index is 1.55. The third-order valence-electron chi connectivity index (χ3n) is 3.73. The molecule has 0 spiro atoms. The number of nitrogens with one attached hydrogen (secondary N) is 2. The van der Waals surface area contributed by atoms with Crippen LogP contribution in [0, 0.1) is 6.92 Å². The number of amides is 2. The number of imidazole rings is 1. The third kappa shape index (κ3) is 5.17. The quantitative estimate of drug-likeness (QED) is 0.595. The van der Waals surface area contributed by atoms with Gasteiger partial charge in [-0.1, -0.05) is 29.5 Å². The maximum atomic E-state index is 12.0. The summed E-state index contributed by atoms with van der Waals surface area (Å²) in [6, 6.07) is 11.2. The summed E-state index contributed by atoms with van der Waals surface area (Å²) in [6.07, 6.45) is 3.10. The summed E-state index contributed by atoms with van der Waals surface area (Å²) in [4.78, 5) is 27.9. The highest BCUT2D eigenvalue weighted by molar-refractivity contribution is 7.99. The monoisotopic (exact) mass is 396 g/mol. The fourth-order valence-electron chi connectivity index (χ4n) is 2.32. The fraction of sp³-hybridized carbons (Fsp3) is 0.211. The van der Waals surface area contributed by atoms with Gasteiger partial charge in [0.25, 0.3) is 5.91 Å². The molecule has 3 aromatic rings. The van der Waals surface area contributed by atoms with Crippen molar-refractivity contribution in [3.8, 4) is 5.82 Å². The van der Waals surface area contributed by atoms with E-state index in [1.165, 1.54) is 18.1 Å². The number of thioether (sulfide) groups is 1. The van der Waals surface area contributed by atoms with E-state index in [0.717, 1.165) is 11.3 Å². The van der Waals surface area contributed by atoms with E-state index in [9.17, 15) is 9.59 Å². The van der Waals surface area contributed by atoms with E-state index >= 15 is 0 Å². The molecule has 0 radical (unpaired) electrons. The average Bonchev–Trinajstić information content (AvgIpc) is 3.19. The number of aromatic nitrogens is 4.